The molecule has 3 aromatic rings. The number of nitrogens with two attached hydrogens (primary N) is 1. The van der Waals surface area contributed by atoms with Crippen molar-refractivity contribution in [1.29, 1.82) is 0 Å². The number of piperidine rings is 1. The molecule has 38 heavy (non-hydrogen) atoms. The van der Waals surface area contributed by atoms with E-state index in [0.717, 1.165) is 35.6 Å². The number of sulfonamides is 1. The van der Waals surface area contributed by atoms with Gasteiger partial charge in [-0.05, 0) is 43.5 Å². The average Bonchev–Trinajstić information content (AvgIpc) is 3.29. The van der Waals surface area contributed by atoms with Crippen LogP contribution in [0.15, 0.2) is 58.7 Å². The van der Waals surface area contributed by atoms with Gasteiger partial charge in [-0.15, -0.1) is 0 Å². The lowest BCUT2D eigenvalue weighted by Crippen LogP contribution is -2.42. The molecule has 1 saturated heterocycles. The van der Waals surface area contributed by atoms with E-state index in [4.69, 9.17) is 5.73 Å². The van der Waals surface area contributed by atoms with Crippen LogP contribution in [-0.2, 0) is 10.0 Å². The third kappa shape index (κ3) is 5.22. The molecule has 1 unspecified atom stereocenters. The summed E-state index contributed by atoms with van der Waals surface area (Å²) in [5.41, 5.74) is 5.96. The summed E-state index contributed by atoms with van der Waals surface area (Å²) in [6.07, 6.45) is 8.58. The number of hydrogen-bond acceptors (Lipinski definition) is 9. The van der Waals surface area contributed by atoms with E-state index >= 15 is 0 Å². The summed E-state index contributed by atoms with van der Waals surface area (Å²) >= 11 is 0.906. The third-order valence-corrected chi connectivity index (χ3v) is 9.34. The second-order valence-corrected chi connectivity index (χ2v) is 11.9. The van der Waals surface area contributed by atoms with Crippen molar-refractivity contribution in [3.63, 3.8) is 0 Å². The van der Waals surface area contributed by atoms with Gasteiger partial charge in [0.2, 0.25) is 15.8 Å². The van der Waals surface area contributed by atoms with E-state index in [0.29, 0.717) is 18.0 Å². The Hall–Kier alpha value is -3.55. The minimum absolute atomic E-state index is 0.0278. The fourth-order valence-electron chi connectivity index (χ4n) is 4.39. The number of allylic oxidation sites excluding steroid dienone is 1. The van der Waals surface area contributed by atoms with E-state index in [9.17, 15) is 22.0 Å². The Morgan fingerprint density at radius 3 is 2.50 bits per heavy atom. The van der Waals surface area contributed by atoms with Gasteiger partial charge < -0.3 is 11.1 Å². The van der Waals surface area contributed by atoms with Gasteiger partial charge in [0.05, 0.1) is 5.56 Å². The molecule has 4 heterocycles. The monoisotopic (exact) mass is 558 g/mol. The lowest BCUT2D eigenvalue weighted by Gasteiger charge is -2.31. The first kappa shape index (κ1) is 26.1. The van der Waals surface area contributed by atoms with Crippen LogP contribution < -0.4 is 11.1 Å². The number of aromatic nitrogens is 2. The highest BCUT2D eigenvalue weighted by atomic mass is 32.2. The van der Waals surface area contributed by atoms with Crippen LogP contribution in [0.4, 0.5) is 19.7 Å². The van der Waals surface area contributed by atoms with Crippen LogP contribution in [0.3, 0.4) is 0 Å². The second-order valence-electron chi connectivity index (χ2n) is 8.93. The number of anilines is 2. The number of carbonyl (C=O) groups is 1. The summed E-state index contributed by atoms with van der Waals surface area (Å²) in [7, 11) is -3.71. The number of benzene rings is 1. The van der Waals surface area contributed by atoms with Crippen molar-refractivity contribution in [2.45, 2.75) is 36.1 Å². The third-order valence-electron chi connectivity index (χ3n) is 6.46. The summed E-state index contributed by atoms with van der Waals surface area (Å²) in [6, 6.07) is 6.34. The molecule has 0 saturated carbocycles. The number of pyridine rings is 1. The first-order valence-electron chi connectivity index (χ1n) is 11.9. The van der Waals surface area contributed by atoms with Gasteiger partial charge in [-0.3, -0.25) is 14.8 Å². The van der Waals surface area contributed by atoms with Crippen molar-refractivity contribution in [2.75, 3.05) is 24.1 Å². The van der Waals surface area contributed by atoms with Crippen molar-refractivity contribution in [3.05, 3.63) is 76.6 Å². The predicted molar refractivity (Wildman–Crippen MR) is 141 cm³/mol. The van der Waals surface area contributed by atoms with Crippen LogP contribution in [0.25, 0.3) is 0 Å². The lowest BCUT2D eigenvalue weighted by molar-refractivity contribution is 0.103. The number of aliphatic imine (C=N–C) groups is 1. The number of ketones is 1. The van der Waals surface area contributed by atoms with Crippen LogP contribution in [0.5, 0.6) is 0 Å². The molecule has 0 aliphatic carbocycles. The highest BCUT2D eigenvalue weighted by Gasteiger charge is 2.31. The molecular formula is C25H24F2N6O3S2. The molecule has 1 fully saturated rings. The number of thiazole rings is 1. The first-order chi connectivity index (χ1) is 18.2. The van der Waals surface area contributed by atoms with E-state index < -0.39 is 33.0 Å². The van der Waals surface area contributed by atoms with Crippen LogP contribution in [0, 0.1) is 11.6 Å². The molecule has 0 bridgehead atoms. The lowest BCUT2D eigenvalue weighted by atomic mass is 10.0. The summed E-state index contributed by atoms with van der Waals surface area (Å²) in [6.45, 7) is 0.545. The number of carbonyl (C=O) groups excluding carboxylic acids is 1. The van der Waals surface area contributed by atoms with Gasteiger partial charge in [0.15, 0.2) is 5.13 Å². The maximum atomic E-state index is 14.1. The number of hydrogen-bond donors (Lipinski definition) is 2. The molecule has 0 radical (unpaired) electrons. The Bertz CT molecular complexity index is 1490. The summed E-state index contributed by atoms with van der Waals surface area (Å²) in [5.74, 6) is -2.93. The molecular weight excluding hydrogens is 534 g/mol. The molecule has 5 rings (SSSR count). The second kappa shape index (κ2) is 10.7. The van der Waals surface area contributed by atoms with E-state index in [1.54, 1.807) is 24.5 Å². The van der Waals surface area contributed by atoms with E-state index in [-0.39, 0.29) is 40.6 Å². The largest absolute Gasteiger partial charge is 0.382 e. The zero-order chi connectivity index (χ0) is 26.9. The number of halogens is 2. The van der Waals surface area contributed by atoms with Crippen molar-refractivity contribution >= 4 is 44.3 Å². The topological polar surface area (TPSA) is 131 Å². The highest BCUT2D eigenvalue weighted by molar-refractivity contribution is 7.89. The van der Waals surface area contributed by atoms with Crippen LogP contribution >= 0.6 is 11.3 Å². The normalized spacial score (nSPS) is 18.5. The van der Waals surface area contributed by atoms with E-state index in [1.165, 1.54) is 16.6 Å². The van der Waals surface area contributed by atoms with E-state index in [2.05, 4.69) is 20.3 Å². The maximum absolute atomic E-state index is 14.1. The fraction of sp³-hybridized carbons (Fsp3) is 0.280. The summed E-state index contributed by atoms with van der Waals surface area (Å²) in [5, 5.41) is 3.49. The molecule has 2 aromatic heterocycles. The van der Waals surface area contributed by atoms with Gasteiger partial charge in [-0.2, -0.15) is 4.31 Å². The first-order valence-corrected chi connectivity index (χ1v) is 14.2. The summed E-state index contributed by atoms with van der Waals surface area (Å²) in [4.78, 5) is 25.4. The molecule has 0 amide bonds. The summed E-state index contributed by atoms with van der Waals surface area (Å²) < 4.78 is 55.8. The van der Waals surface area contributed by atoms with Crippen molar-refractivity contribution in [2.24, 2.45) is 4.99 Å². The molecule has 0 spiro atoms. The number of nitrogen functional groups attached to an aromatic ring is 1. The van der Waals surface area contributed by atoms with Gasteiger partial charge in [-0.25, -0.2) is 22.2 Å². The molecule has 3 N–H and O–H groups in total. The zero-order valence-corrected chi connectivity index (χ0v) is 21.7. The Morgan fingerprint density at radius 2 is 1.87 bits per heavy atom. The van der Waals surface area contributed by atoms with Gasteiger partial charge in [0.25, 0.3) is 0 Å². The molecule has 1 atom stereocenters. The van der Waals surface area contributed by atoms with E-state index in [1.807, 2.05) is 6.08 Å². The van der Waals surface area contributed by atoms with Crippen LogP contribution in [0.1, 0.15) is 46.1 Å². The smallest absolute Gasteiger partial charge is 0.244 e. The Kier molecular flexibility index (Phi) is 7.32. The zero-order valence-electron chi connectivity index (χ0n) is 20.0. The van der Waals surface area contributed by atoms with Crippen LogP contribution in [0.2, 0.25) is 0 Å². The fourth-order valence-corrected chi connectivity index (χ4v) is 6.72. The Labute approximate surface area is 222 Å². The average molecular weight is 559 g/mol. The quantitative estimate of drug-likeness (QED) is 0.420. The number of nitrogens with one attached hydrogen (secondary N) is 1. The molecule has 9 nitrogen and oxygen atoms in total. The SMILES string of the molecule is Nc1nc(NC2CCN(S(=O)(=O)c3ccc(C4C=NC=CC4)nc3)CC2)sc1C(=O)c1c(F)cccc1F. The molecule has 198 valence electrons. The van der Waals surface area contributed by atoms with Crippen molar-refractivity contribution in [1.82, 2.24) is 14.3 Å². The van der Waals surface area contributed by atoms with Gasteiger partial charge in [0.1, 0.15) is 27.2 Å². The minimum atomic E-state index is -3.71. The van der Waals surface area contributed by atoms with Gasteiger partial charge in [-0.1, -0.05) is 23.5 Å². The van der Waals surface area contributed by atoms with Gasteiger partial charge in [0, 0.05) is 49.4 Å². The van der Waals surface area contributed by atoms with Gasteiger partial charge >= 0.3 is 0 Å². The van der Waals surface area contributed by atoms with Crippen molar-refractivity contribution < 1.29 is 22.0 Å². The van der Waals surface area contributed by atoms with Crippen LogP contribution in [-0.4, -0.2) is 53.8 Å². The minimum Gasteiger partial charge on any atom is -0.382 e. The molecule has 2 aliphatic heterocycles. The molecule has 13 heteroatoms. The molecule has 2 aliphatic rings. The Balaban J connectivity index is 1.21. The number of nitrogens with zero attached hydrogens (tertiary/aromatic N) is 4. The Morgan fingerprint density at radius 1 is 1.13 bits per heavy atom. The number of rotatable bonds is 7. The van der Waals surface area contributed by atoms with Crippen molar-refractivity contribution in [3.8, 4) is 0 Å². The standard InChI is InChI=1S/C25H24F2N6O3S2/c26-18-4-1-5-19(27)21(18)22(34)23-24(28)32-25(37-23)31-16-8-11-33(12-9-16)38(35,36)17-6-7-20(30-14-17)15-3-2-10-29-13-15/h1-2,4-7,10,13-16H,3,8-9,11-12,28H2,(H,31,32). The predicted octanol–water partition coefficient (Wildman–Crippen LogP) is 3.97. The molecule has 1 aromatic carbocycles. The maximum Gasteiger partial charge on any atom is 0.244 e. The highest BCUT2D eigenvalue weighted by Crippen LogP contribution is 2.31.